The fourth-order valence-electron chi connectivity index (χ4n) is 2.34. The molecule has 3 aromatic rings. The van der Waals surface area contributed by atoms with Crippen molar-refractivity contribution in [3.8, 4) is 11.4 Å². The summed E-state index contributed by atoms with van der Waals surface area (Å²) in [6, 6.07) is 13.4. The van der Waals surface area contributed by atoms with Crippen LogP contribution in [0.3, 0.4) is 0 Å². The zero-order chi connectivity index (χ0) is 18.5. The van der Waals surface area contributed by atoms with E-state index in [1.807, 2.05) is 35.0 Å². The fraction of sp³-hybridized carbons (Fsp3) is 0.158. The summed E-state index contributed by atoms with van der Waals surface area (Å²) in [6.45, 7) is 1.78. The van der Waals surface area contributed by atoms with Crippen molar-refractivity contribution in [2.75, 3.05) is 12.4 Å². The van der Waals surface area contributed by atoms with E-state index in [2.05, 4.69) is 10.3 Å². The molecule has 1 heterocycles. The Morgan fingerprint density at radius 2 is 2.04 bits per heavy atom. The van der Waals surface area contributed by atoms with E-state index in [0.717, 1.165) is 11.4 Å². The molecule has 1 amide bonds. The molecule has 0 saturated heterocycles. The van der Waals surface area contributed by atoms with Crippen LogP contribution in [0, 0.1) is 5.82 Å². The maximum absolute atomic E-state index is 13.2. The molecule has 0 radical (unpaired) electrons. The van der Waals surface area contributed by atoms with Gasteiger partial charge in [-0.3, -0.25) is 9.36 Å². The van der Waals surface area contributed by atoms with E-state index in [-0.39, 0.29) is 5.91 Å². The highest BCUT2D eigenvalue weighted by Crippen LogP contribution is 2.26. The number of halogens is 1. The van der Waals surface area contributed by atoms with Crippen LogP contribution in [0.2, 0.25) is 0 Å². The molecule has 26 heavy (non-hydrogen) atoms. The minimum absolute atomic E-state index is 0.218. The van der Waals surface area contributed by atoms with Gasteiger partial charge >= 0.3 is 0 Å². The van der Waals surface area contributed by atoms with Crippen LogP contribution in [0.5, 0.6) is 5.75 Å². The molecule has 3 rings (SSSR count). The van der Waals surface area contributed by atoms with Gasteiger partial charge in [-0.1, -0.05) is 17.8 Å². The Morgan fingerprint density at radius 1 is 1.27 bits per heavy atom. The number of nitrogens with zero attached hydrogens (tertiary/aromatic N) is 2. The van der Waals surface area contributed by atoms with Crippen LogP contribution in [0.25, 0.3) is 5.69 Å². The summed E-state index contributed by atoms with van der Waals surface area (Å²) in [7, 11) is 1.62. The topological polar surface area (TPSA) is 56.2 Å². The molecule has 0 aliphatic carbocycles. The molecule has 0 fully saturated rings. The number of thioether (sulfide) groups is 1. The van der Waals surface area contributed by atoms with Crippen LogP contribution in [-0.4, -0.2) is 27.8 Å². The Kier molecular flexibility index (Phi) is 5.58. The Morgan fingerprint density at radius 3 is 2.73 bits per heavy atom. The van der Waals surface area contributed by atoms with Crippen LogP contribution in [-0.2, 0) is 4.79 Å². The highest BCUT2D eigenvalue weighted by Gasteiger charge is 2.18. The van der Waals surface area contributed by atoms with Crippen LogP contribution < -0.4 is 10.1 Å². The number of anilines is 1. The van der Waals surface area contributed by atoms with Crippen molar-refractivity contribution in [3.05, 3.63) is 66.7 Å². The molecule has 0 unspecified atom stereocenters. The van der Waals surface area contributed by atoms with E-state index in [1.54, 1.807) is 32.4 Å². The van der Waals surface area contributed by atoms with Gasteiger partial charge in [0.05, 0.1) is 12.4 Å². The summed E-state index contributed by atoms with van der Waals surface area (Å²) in [5.41, 5.74) is 1.35. The van der Waals surface area contributed by atoms with Gasteiger partial charge in [0.15, 0.2) is 5.16 Å². The van der Waals surface area contributed by atoms with E-state index < -0.39 is 11.1 Å². The minimum atomic E-state index is -0.405. The maximum atomic E-state index is 13.2. The summed E-state index contributed by atoms with van der Waals surface area (Å²) in [6.07, 6.45) is 3.52. The quantitative estimate of drug-likeness (QED) is 0.662. The summed E-state index contributed by atoms with van der Waals surface area (Å²) >= 11 is 1.33. The van der Waals surface area contributed by atoms with Crippen LogP contribution in [0.15, 0.2) is 66.1 Å². The third-order valence-corrected chi connectivity index (χ3v) is 4.78. The number of methoxy groups -OCH3 is 1. The molecule has 1 aromatic heterocycles. The Bertz CT molecular complexity index is 896. The average molecular weight is 371 g/mol. The van der Waals surface area contributed by atoms with Crippen molar-refractivity contribution in [2.45, 2.75) is 17.3 Å². The molecule has 0 aliphatic heterocycles. The van der Waals surface area contributed by atoms with Gasteiger partial charge in [0.2, 0.25) is 5.91 Å². The van der Waals surface area contributed by atoms with Gasteiger partial charge in [-0.2, -0.15) is 0 Å². The number of ether oxygens (including phenoxy) is 1. The Balaban J connectivity index is 1.70. The van der Waals surface area contributed by atoms with E-state index in [1.165, 1.54) is 23.9 Å². The zero-order valence-corrected chi connectivity index (χ0v) is 15.2. The number of hydrogen-bond acceptors (Lipinski definition) is 4. The monoisotopic (exact) mass is 371 g/mol. The van der Waals surface area contributed by atoms with Gasteiger partial charge in [-0.05, 0) is 49.4 Å². The number of rotatable bonds is 6. The lowest BCUT2D eigenvalue weighted by molar-refractivity contribution is -0.115. The molecule has 5 nitrogen and oxygen atoms in total. The lowest BCUT2D eigenvalue weighted by Gasteiger charge is -2.13. The predicted octanol–water partition coefficient (Wildman–Crippen LogP) is 4.14. The Labute approximate surface area is 155 Å². The highest BCUT2D eigenvalue weighted by molar-refractivity contribution is 8.00. The van der Waals surface area contributed by atoms with Gasteiger partial charge in [-0.25, -0.2) is 9.37 Å². The van der Waals surface area contributed by atoms with E-state index >= 15 is 0 Å². The highest BCUT2D eigenvalue weighted by atomic mass is 32.2. The number of hydrogen-bond donors (Lipinski definition) is 1. The van der Waals surface area contributed by atoms with Crippen LogP contribution >= 0.6 is 11.8 Å². The smallest absolute Gasteiger partial charge is 0.237 e. The number of aromatic nitrogens is 2. The largest absolute Gasteiger partial charge is 0.497 e. The molecule has 2 aromatic carbocycles. The third-order valence-electron chi connectivity index (χ3n) is 3.70. The normalized spacial score (nSPS) is 11.8. The SMILES string of the molecule is COc1ccc(-n2ccnc2S[C@H](C)C(=O)Nc2cccc(F)c2)cc1. The molecule has 1 atom stereocenters. The molecule has 134 valence electrons. The van der Waals surface area contributed by atoms with Crippen LogP contribution in [0.1, 0.15) is 6.92 Å². The van der Waals surface area contributed by atoms with Crippen molar-refractivity contribution < 1.29 is 13.9 Å². The predicted molar refractivity (Wildman–Crippen MR) is 100 cm³/mol. The molecule has 1 N–H and O–H groups in total. The number of carbonyl (C=O) groups excluding carboxylic acids is 1. The second-order valence-electron chi connectivity index (χ2n) is 5.54. The lowest BCUT2D eigenvalue weighted by atomic mass is 10.3. The number of benzene rings is 2. The van der Waals surface area contributed by atoms with Crippen molar-refractivity contribution in [1.82, 2.24) is 9.55 Å². The van der Waals surface area contributed by atoms with Crippen LogP contribution in [0.4, 0.5) is 10.1 Å². The lowest BCUT2D eigenvalue weighted by Crippen LogP contribution is -2.22. The number of nitrogens with one attached hydrogen (secondary N) is 1. The second-order valence-corrected chi connectivity index (χ2v) is 6.85. The van der Waals surface area contributed by atoms with Crippen molar-refractivity contribution in [2.24, 2.45) is 0 Å². The molecular formula is C19H18FN3O2S. The molecule has 0 bridgehead atoms. The zero-order valence-electron chi connectivity index (χ0n) is 14.3. The van der Waals surface area contributed by atoms with E-state index in [0.29, 0.717) is 10.8 Å². The van der Waals surface area contributed by atoms with Gasteiger partial charge < -0.3 is 10.1 Å². The Hall–Kier alpha value is -2.80. The average Bonchev–Trinajstić information content (AvgIpc) is 3.10. The van der Waals surface area contributed by atoms with Crippen molar-refractivity contribution in [3.63, 3.8) is 0 Å². The molecular weight excluding hydrogens is 353 g/mol. The van der Waals surface area contributed by atoms with E-state index in [9.17, 15) is 9.18 Å². The first kappa shape index (κ1) is 18.0. The summed E-state index contributed by atoms with van der Waals surface area (Å²) in [5, 5.41) is 3.00. The summed E-state index contributed by atoms with van der Waals surface area (Å²) in [5.74, 6) is 0.161. The molecule has 0 saturated carbocycles. The second kappa shape index (κ2) is 8.05. The standard InChI is InChI=1S/C19H18FN3O2S/c1-13(18(24)22-15-5-3-4-14(20)12-15)26-19-21-10-11-23(19)16-6-8-17(25-2)9-7-16/h3-13H,1-2H3,(H,22,24)/t13-/m1/s1. The van der Waals surface area contributed by atoms with Crippen molar-refractivity contribution in [1.29, 1.82) is 0 Å². The summed E-state index contributed by atoms with van der Waals surface area (Å²) in [4.78, 5) is 16.7. The first-order valence-corrected chi connectivity index (χ1v) is 8.85. The van der Waals surface area contributed by atoms with Gasteiger partial charge in [0, 0.05) is 23.8 Å². The van der Waals surface area contributed by atoms with Crippen molar-refractivity contribution >= 4 is 23.4 Å². The first-order chi connectivity index (χ1) is 12.6. The molecule has 7 heteroatoms. The van der Waals surface area contributed by atoms with E-state index in [4.69, 9.17) is 4.74 Å². The maximum Gasteiger partial charge on any atom is 0.237 e. The van der Waals surface area contributed by atoms with Gasteiger partial charge in [0.1, 0.15) is 11.6 Å². The number of carbonyl (C=O) groups is 1. The van der Waals surface area contributed by atoms with Gasteiger partial charge in [-0.15, -0.1) is 0 Å². The number of amides is 1. The molecule has 0 aliphatic rings. The number of imidazole rings is 1. The third kappa shape index (κ3) is 4.23. The minimum Gasteiger partial charge on any atom is -0.497 e. The fourth-order valence-corrected chi connectivity index (χ4v) is 3.22. The summed E-state index contributed by atoms with van der Waals surface area (Å²) < 4.78 is 20.3. The first-order valence-electron chi connectivity index (χ1n) is 7.97. The molecule has 0 spiro atoms. The van der Waals surface area contributed by atoms with Gasteiger partial charge in [0.25, 0.3) is 0 Å².